The van der Waals surface area contributed by atoms with Crippen molar-refractivity contribution < 1.29 is 34.7 Å². The second-order valence-corrected chi connectivity index (χ2v) is 3.44. The number of hydrogen-bond donors (Lipinski definition) is 4. The van der Waals surface area contributed by atoms with E-state index in [0.29, 0.717) is 0 Å². The Hall–Kier alpha value is -0.730. The topological polar surface area (TPSA) is 116 Å². The molecule has 4 N–H and O–H groups in total. The quantitative estimate of drug-likeness (QED) is 0.377. The highest BCUT2D eigenvalue weighted by molar-refractivity contribution is 5.65. The van der Waals surface area contributed by atoms with Gasteiger partial charge in [-0.25, -0.2) is 0 Å². The largest absolute Gasteiger partial charge is 0.460 e. The summed E-state index contributed by atoms with van der Waals surface area (Å²) in [5, 5.41) is 37.4. The van der Waals surface area contributed by atoms with Crippen molar-refractivity contribution in [2.45, 2.75) is 31.0 Å². The predicted octanol–water partition coefficient (Wildman–Crippen LogP) is -2.65. The molecule has 0 radical (unpaired) electrons. The van der Waals surface area contributed by atoms with Gasteiger partial charge in [-0.1, -0.05) is 0 Å². The fourth-order valence-electron chi connectivity index (χ4n) is 1.22. The Morgan fingerprint density at radius 2 is 2.13 bits per heavy atom. The zero-order valence-electron chi connectivity index (χ0n) is 8.16. The number of esters is 1. The van der Waals surface area contributed by atoms with Crippen LogP contribution in [-0.2, 0) is 14.3 Å². The summed E-state index contributed by atoms with van der Waals surface area (Å²) in [4.78, 5) is 10.5. The van der Waals surface area contributed by atoms with Crippen molar-refractivity contribution in [3.8, 4) is 0 Å². The third-order valence-electron chi connectivity index (χ3n) is 2.17. The second kappa shape index (κ2) is 4.42. The van der Waals surface area contributed by atoms with Gasteiger partial charge in [0.1, 0.15) is 24.9 Å². The number of aliphatic hydroxyl groups excluding tert-OH is 3. The summed E-state index contributed by atoms with van der Waals surface area (Å²) in [6.07, 6.45) is -4.56. The van der Waals surface area contributed by atoms with E-state index in [-0.39, 0.29) is 6.61 Å². The molecular weight excluding hydrogens is 208 g/mol. The maximum Gasteiger partial charge on any atom is 0.302 e. The van der Waals surface area contributed by atoms with Gasteiger partial charge in [-0.05, 0) is 0 Å². The molecule has 1 rings (SSSR count). The lowest BCUT2D eigenvalue weighted by molar-refractivity contribution is -0.332. The third-order valence-corrected chi connectivity index (χ3v) is 2.17. The predicted molar refractivity (Wildman–Crippen MR) is 45.6 cm³/mol. The molecular formula is C8H14O7. The van der Waals surface area contributed by atoms with Crippen LogP contribution in [0, 0.1) is 0 Å². The van der Waals surface area contributed by atoms with Gasteiger partial charge in [0.05, 0.1) is 6.61 Å². The van der Waals surface area contributed by atoms with Gasteiger partial charge in [0, 0.05) is 6.92 Å². The van der Waals surface area contributed by atoms with Crippen molar-refractivity contribution in [2.24, 2.45) is 0 Å². The number of aliphatic hydroxyl groups is 4. The van der Waals surface area contributed by atoms with Crippen LogP contribution in [0.4, 0.5) is 0 Å². The van der Waals surface area contributed by atoms with E-state index in [0.717, 1.165) is 6.92 Å². The van der Waals surface area contributed by atoms with Gasteiger partial charge < -0.3 is 29.9 Å². The van der Waals surface area contributed by atoms with E-state index in [2.05, 4.69) is 4.74 Å². The van der Waals surface area contributed by atoms with Crippen LogP contribution in [0.25, 0.3) is 0 Å². The molecule has 88 valence electrons. The van der Waals surface area contributed by atoms with Crippen molar-refractivity contribution in [2.75, 3.05) is 13.2 Å². The lowest BCUT2D eigenvalue weighted by Crippen LogP contribution is -2.62. The molecule has 2 unspecified atom stereocenters. The molecule has 1 fully saturated rings. The van der Waals surface area contributed by atoms with E-state index in [1.165, 1.54) is 0 Å². The lowest BCUT2D eigenvalue weighted by atomic mass is 9.97. The molecule has 1 saturated heterocycles. The fraction of sp³-hybridized carbons (Fsp3) is 0.875. The Morgan fingerprint density at radius 1 is 1.53 bits per heavy atom. The Balaban J connectivity index is 2.63. The van der Waals surface area contributed by atoms with Crippen LogP contribution in [0.2, 0.25) is 0 Å². The van der Waals surface area contributed by atoms with Gasteiger partial charge in [-0.2, -0.15) is 0 Å². The summed E-state index contributed by atoms with van der Waals surface area (Å²) >= 11 is 0. The molecule has 7 heteroatoms. The first-order valence-corrected chi connectivity index (χ1v) is 4.41. The molecule has 0 aromatic rings. The van der Waals surface area contributed by atoms with Crippen LogP contribution in [-0.4, -0.2) is 63.7 Å². The Labute approximate surface area is 85.9 Å². The Morgan fingerprint density at radius 3 is 2.67 bits per heavy atom. The van der Waals surface area contributed by atoms with Gasteiger partial charge in [0.2, 0.25) is 5.79 Å². The molecule has 4 atom stereocenters. The lowest BCUT2D eigenvalue weighted by Gasteiger charge is -2.40. The van der Waals surface area contributed by atoms with Gasteiger partial charge in [-0.3, -0.25) is 4.79 Å². The normalized spacial score (nSPS) is 41.3. The molecule has 0 aromatic carbocycles. The maximum absolute atomic E-state index is 10.5. The van der Waals surface area contributed by atoms with E-state index in [1.54, 1.807) is 0 Å². The van der Waals surface area contributed by atoms with Gasteiger partial charge in [0.25, 0.3) is 0 Å². The molecule has 1 aliphatic rings. The minimum atomic E-state index is -2.18. The highest BCUT2D eigenvalue weighted by Gasteiger charge is 2.49. The molecule has 1 heterocycles. The monoisotopic (exact) mass is 222 g/mol. The van der Waals surface area contributed by atoms with Crippen LogP contribution in [0.5, 0.6) is 0 Å². The van der Waals surface area contributed by atoms with Crippen LogP contribution in [0.15, 0.2) is 0 Å². The molecule has 0 aliphatic carbocycles. The summed E-state index contributed by atoms with van der Waals surface area (Å²) < 4.78 is 9.20. The average molecular weight is 222 g/mol. The molecule has 0 amide bonds. The fourth-order valence-corrected chi connectivity index (χ4v) is 1.22. The highest BCUT2D eigenvalue weighted by atomic mass is 16.7. The van der Waals surface area contributed by atoms with E-state index in [4.69, 9.17) is 9.84 Å². The van der Waals surface area contributed by atoms with Crippen molar-refractivity contribution >= 4 is 5.97 Å². The van der Waals surface area contributed by atoms with E-state index >= 15 is 0 Å². The number of carbonyl (C=O) groups is 1. The summed E-state index contributed by atoms with van der Waals surface area (Å²) in [6.45, 7) is 0.174. The molecule has 7 nitrogen and oxygen atoms in total. The molecule has 1 aliphatic heterocycles. The molecule has 0 saturated carbocycles. The second-order valence-electron chi connectivity index (χ2n) is 3.44. The summed E-state index contributed by atoms with van der Waals surface area (Å²) in [5.74, 6) is -2.83. The molecule has 0 aromatic heterocycles. The Bertz CT molecular complexity index is 243. The van der Waals surface area contributed by atoms with Crippen LogP contribution in [0.3, 0.4) is 0 Å². The first-order chi connectivity index (χ1) is 6.87. The SMILES string of the molecule is CC(=O)OC[C@@]1(O)OC[C@@H](O)C(O)C1O. The first kappa shape index (κ1) is 12.3. The van der Waals surface area contributed by atoms with Crippen LogP contribution in [0.1, 0.15) is 6.92 Å². The summed E-state index contributed by atoms with van der Waals surface area (Å²) in [5.41, 5.74) is 0. The number of hydrogen-bond acceptors (Lipinski definition) is 7. The van der Waals surface area contributed by atoms with Crippen molar-refractivity contribution in [3.63, 3.8) is 0 Å². The van der Waals surface area contributed by atoms with Crippen molar-refractivity contribution in [1.29, 1.82) is 0 Å². The highest BCUT2D eigenvalue weighted by Crippen LogP contribution is 2.24. The average Bonchev–Trinajstić information content (AvgIpc) is 2.19. The van der Waals surface area contributed by atoms with Crippen molar-refractivity contribution in [3.05, 3.63) is 0 Å². The van der Waals surface area contributed by atoms with Crippen LogP contribution < -0.4 is 0 Å². The van der Waals surface area contributed by atoms with Gasteiger partial charge in [-0.15, -0.1) is 0 Å². The Kier molecular flexibility index (Phi) is 3.63. The van der Waals surface area contributed by atoms with E-state index in [9.17, 15) is 20.1 Å². The van der Waals surface area contributed by atoms with Crippen molar-refractivity contribution in [1.82, 2.24) is 0 Å². The van der Waals surface area contributed by atoms with Gasteiger partial charge >= 0.3 is 5.97 Å². The molecule has 0 spiro atoms. The number of carbonyl (C=O) groups excluding carboxylic acids is 1. The third kappa shape index (κ3) is 2.64. The van der Waals surface area contributed by atoms with E-state index in [1.807, 2.05) is 0 Å². The number of ether oxygens (including phenoxy) is 2. The zero-order chi connectivity index (χ0) is 11.6. The maximum atomic E-state index is 10.5. The zero-order valence-corrected chi connectivity index (χ0v) is 8.16. The smallest absolute Gasteiger partial charge is 0.302 e. The summed E-state index contributed by atoms with van der Waals surface area (Å²) in [7, 11) is 0. The minimum absolute atomic E-state index is 0.351. The minimum Gasteiger partial charge on any atom is -0.460 e. The van der Waals surface area contributed by atoms with E-state index < -0.39 is 36.7 Å². The van der Waals surface area contributed by atoms with Gasteiger partial charge in [0.15, 0.2) is 0 Å². The summed E-state index contributed by atoms with van der Waals surface area (Å²) in [6, 6.07) is 0. The first-order valence-electron chi connectivity index (χ1n) is 4.41. The molecule has 0 bridgehead atoms. The standard InChI is InChI=1S/C8H14O7/c1-4(9)14-3-8(13)7(12)6(11)5(10)2-15-8/h5-7,10-13H,2-3H2,1H3/t5-,6?,7?,8-/m1/s1. The number of rotatable bonds is 2. The van der Waals surface area contributed by atoms with Crippen LogP contribution >= 0.6 is 0 Å². The molecule has 15 heavy (non-hydrogen) atoms.